The molecule has 76 valence electrons. The van der Waals surface area contributed by atoms with Crippen molar-refractivity contribution >= 4 is 11.5 Å². The van der Waals surface area contributed by atoms with Gasteiger partial charge in [-0.05, 0) is 24.1 Å². The highest BCUT2D eigenvalue weighted by atomic mass is 16.1. The first-order valence-corrected chi connectivity index (χ1v) is 5.04. The summed E-state index contributed by atoms with van der Waals surface area (Å²) in [7, 11) is 1.89. The van der Waals surface area contributed by atoms with Crippen molar-refractivity contribution in [2.75, 3.05) is 12.4 Å². The van der Waals surface area contributed by atoms with Crippen LogP contribution in [0.15, 0.2) is 24.3 Å². The molecule has 1 N–H and O–H groups in total. The average molecular weight is 191 g/mol. The van der Waals surface area contributed by atoms with Gasteiger partial charge in [0.2, 0.25) is 0 Å². The third-order valence-corrected chi connectivity index (χ3v) is 2.17. The minimum absolute atomic E-state index is 0.324. The van der Waals surface area contributed by atoms with Crippen molar-refractivity contribution in [3.8, 4) is 0 Å². The van der Waals surface area contributed by atoms with Crippen molar-refractivity contribution in [1.82, 2.24) is 0 Å². The number of nitrogens with one attached hydrogen (secondary N) is 1. The molecule has 0 aromatic heterocycles. The molecule has 0 aliphatic heterocycles. The molecule has 0 unspecified atom stereocenters. The molecule has 0 saturated carbocycles. The fourth-order valence-corrected chi connectivity index (χ4v) is 1.38. The molecule has 1 aromatic carbocycles. The molecular weight excluding hydrogens is 174 g/mol. The molecule has 2 nitrogen and oxygen atoms in total. The number of ketones is 1. The van der Waals surface area contributed by atoms with E-state index in [0.717, 1.165) is 17.7 Å². The van der Waals surface area contributed by atoms with Gasteiger partial charge in [-0.1, -0.05) is 19.1 Å². The molecule has 0 aliphatic carbocycles. The lowest BCUT2D eigenvalue weighted by atomic mass is 10.1. The summed E-state index contributed by atoms with van der Waals surface area (Å²) in [6, 6.07) is 7.99. The first-order chi connectivity index (χ1) is 6.76. The van der Waals surface area contributed by atoms with E-state index in [1.807, 2.05) is 38.2 Å². The molecule has 2 heteroatoms. The van der Waals surface area contributed by atoms with E-state index in [0.29, 0.717) is 18.6 Å². The Hall–Kier alpha value is -1.31. The standard InChI is InChI=1S/C12H17NO/c1-3-4-12(14)9-10-5-7-11(13-2)8-6-10/h5-8,13H,3-4,9H2,1-2H3. The van der Waals surface area contributed by atoms with E-state index in [1.165, 1.54) is 0 Å². The van der Waals surface area contributed by atoms with Gasteiger partial charge in [0.1, 0.15) is 5.78 Å². The van der Waals surface area contributed by atoms with E-state index < -0.39 is 0 Å². The monoisotopic (exact) mass is 191 g/mol. The van der Waals surface area contributed by atoms with Crippen LogP contribution in [0, 0.1) is 0 Å². The second-order valence-corrected chi connectivity index (χ2v) is 3.41. The van der Waals surface area contributed by atoms with Gasteiger partial charge in [0.15, 0.2) is 0 Å². The highest BCUT2D eigenvalue weighted by Crippen LogP contribution is 2.10. The summed E-state index contributed by atoms with van der Waals surface area (Å²) in [5, 5.41) is 3.05. The van der Waals surface area contributed by atoms with Gasteiger partial charge in [-0.15, -0.1) is 0 Å². The molecule has 0 atom stereocenters. The van der Waals surface area contributed by atoms with Crippen molar-refractivity contribution in [1.29, 1.82) is 0 Å². The Morgan fingerprint density at radius 1 is 1.29 bits per heavy atom. The Bertz CT molecular complexity index is 290. The average Bonchev–Trinajstić information content (AvgIpc) is 2.19. The maximum absolute atomic E-state index is 11.4. The molecule has 0 fully saturated rings. The maximum Gasteiger partial charge on any atom is 0.137 e. The molecule has 0 amide bonds. The number of hydrogen-bond acceptors (Lipinski definition) is 2. The van der Waals surface area contributed by atoms with E-state index >= 15 is 0 Å². The molecule has 0 heterocycles. The summed E-state index contributed by atoms with van der Waals surface area (Å²) in [5.41, 5.74) is 2.18. The van der Waals surface area contributed by atoms with E-state index in [-0.39, 0.29) is 0 Å². The van der Waals surface area contributed by atoms with Crippen LogP contribution >= 0.6 is 0 Å². The molecule has 0 saturated heterocycles. The zero-order valence-electron chi connectivity index (χ0n) is 8.84. The van der Waals surface area contributed by atoms with E-state index in [4.69, 9.17) is 0 Å². The third-order valence-electron chi connectivity index (χ3n) is 2.17. The van der Waals surface area contributed by atoms with Crippen LogP contribution in [-0.4, -0.2) is 12.8 Å². The fraction of sp³-hybridized carbons (Fsp3) is 0.417. The number of benzene rings is 1. The lowest BCUT2D eigenvalue weighted by molar-refractivity contribution is -0.118. The molecule has 1 aromatic rings. The second-order valence-electron chi connectivity index (χ2n) is 3.41. The topological polar surface area (TPSA) is 29.1 Å². The first-order valence-electron chi connectivity index (χ1n) is 5.04. The Labute approximate surface area is 85.3 Å². The van der Waals surface area contributed by atoms with Crippen LogP contribution in [0.3, 0.4) is 0 Å². The van der Waals surface area contributed by atoms with Crippen LogP contribution in [-0.2, 0) is 11.2 Å². The summed E-state index contributed by atoms with van der Waals surface area (Å²) in [5.74, 6) is 0.324. The van der Waals surface area contributed by atoms with Crippen LogP contribution in [0.4, 0.5) is 5.69 Å². The lowest BCUT2D eigenvalue weighted by Crippen LogP contribution is -2.01. The predicted molar refractivity (Wildman–Crippen MR) is 59.6 cm³/mol. The van der Waals surface area contributed by atoms with Gasteiger partial charge in [-0.3, -0.25) is 4.79 Å². The zero-order valence-corrected chi connectivity index (χ0v) is 8.84. The predicted octanol–water partition coefficient (Wildman–Crippen LogP) is 2.64. The summed E-state index contributed by atoms with van der Waals surface area (Å²) < 4.78 is 0. The highest BCUT2D eigenvalue weighted by Gasteiger charge is 2.01. The van der Waals surface area contributed by atoms with Gasteiger partial charge >= 0.3 is 0 Å². The van der Waals surface area contributed by atoms with Crippen molar-refractivity contribution in [2.24, 2.45) is 0 Å². The van der Waals surface area contributed by atoms with E-state index in [9.17, 15) is 4.79 Å². The molecule has 0 aliphatic rings. The van der Waals surface area contributed by atoms with Gasteiger partial charge < -0.3 is 5.32 Å². The summed E-state index contributed by atoms with van der Waals surface area (Å²) in [4.78, 5) is 11.4. The fourth-order valence-electron chi connectivity index (χ4n) is 1.38. The smallest absolute Gasteiger partial charge is 0.137 e. The Morgan fingerprint density at radius 2 is 1.93 bits per heavy atom. The number of carbonyl (C=O) groups excluding carboxylic acids is 1. The third kappa shape index (κ3) is 3.21. The normalized spacial score (nSPS) is 9.86. The van der Waals surface area contributed by atoms with Gasteiger partial charge in [-0.25, -0.2) is 0 Å². The van der Waals surface area contributed by atoms with Crippen LogP contribution in [0.25, 0.3) is 0 Å². The summed E-state index contributed by atoms with van der Waals surface area (Å²) in [6.45, 7) is 2.03. The number of carbonyl (C=O) groups is 1. The van der Waals surface area contributed by atoms with Gasteiger partial charge in [0.05, 0.1) is 0 Å². The summed E-state index contributed by atoms with van der Waals surface area (Å²) >= 11 is 0. The number of Topliss-reactive ketones (excluding diaryl/α,β-unsaturated/α-hetero) is 1. The van der Waals surface area contributed by atoms with Crippen LogP contribution in [0.1, 0.15) is 25.3 Å². The number of anilines is 1. The SMILES string of the molecule is CCCC(=O)Cc1ccc(NC)cc1. The van der Waals surface area contributed by atoms with Crippen LogP contribution < -0.4 is 5.32 Å². The van der Waals surface area contributed by atoms with Crippen molar-refractivity contribution in [3.63, 3.8) is 0 Å². The first kappa shape index (κ1) is 10.8. The maximum atomic E-state index is 11.4. The minimum Gasteiger partial charge on any atom is -0.388 e. The number of hydrogen-bond donors (Lipinski definition) is 1. The van der Waals surface area contributed by atoms with Gasteiger partial charge in [0, 0.05) is 25.6 Å². The van der Waals surface area contributed by atoms with Crippen molar-refractivity contribution in [3.05, 3.63) is 29.8 Å². The van der Waals surface area contributed by atoms with Gasteiger partial charge in [0.25, 0.3) is 0 Å². The minimum atomic E-state index is 0.324. The lowest BCUT2D eigenvalue weighted by Gasteiger charge is -2.02. The Balaban J connectivity index is 2.55. The molecular formula is C12H17NO. The van der Waals surface area contributed by atoms with Crippen LogP contribution in [0.5, 0.6) is 0 Å². The second kappa shape index (κ2) is 5.43. The van der Waals surface area contributed by atoms with Gasteiger partial charge in [-0.2, -0.15) is 0 Å². The summed E-state index contributed by atoms with van der Waals surface area (Å²) in [6.07, 6.45) is 2.19. The Morgan fingerprint density at radius 3 is 2.43 bits per heavy atom. The number of rotatable bonds is 5. The van der Waals surface area contributed by atoms with Crippen LogP contribution in [0.2, 0.25) is 0 Å². The molecule has 14 heavy (non-hydrogen) atoms. The van der Waals surface area contributed by atoms with E-state index in [1.54, 1.807) is 0 Å². The Kier molecular flexibility index (Phi) is 4.17. The molecule has 0 bridgehead atoms. The largest absolute Gasteiger partial charge is 0.388 e. The molecule has 1 rings (SSSR count). The molecule has 0 spiro atoms. The highest BCUT2D eigenvalue weighted by molar-refractivity contribution is 5.80. The van der Waals surface area contributed by atoms with Crippen molar-refractivity contribution in [2.45, 2.75) is 26.2 Å². The zero-order chi connectivity index (χ0) is 10.4. The van der Waals surface area contributed by atoms with Crippen molar-refractivity contribution < 1.29 is 4.79 Å². The van der Waals surface area contributed by atoms with E-state index in [2.05, 4.69) is 5.32 Å². The molecule has 0 radical (unpaired) electrons. The quantitative estimate of drug-likeness (QED) is 0.775.